The molecule has 2 heterocycles. The van der Waals surface area contributed by atoms with Crippen LogP contribution in [0.5, 0.6) is 0 Å². The highest BCUT2D eigenvalue weighted by Gasteiger charge is 2.14. The third-order valence-electron chi connectivity index (χ3n) is 3.41. The largest absolute Gasteiger partial charge is 0.463 e. The Balaban J connectivity index is 2.08. The smallest absolute Gasteiger partial charge is 0.252 e. The first-order valence-corrected chi connectivity index (χ1v) is 7.37. The number of hydrogen-bond donors (Lipinski definition) is 1. The molecule has 0 saturated heterocycles. The van der Waals surface area contributed by atoms with Gasteiger partial charge in [0.05, 0.1) is 17.3 Å². The number of furan rings is 1. The molecule has 0 spiro atoms. The van der Waals surface area contributed by atoms with E-state index in [2.05, 4.69) is 24.1 Å². The number of para-hydroxylation sites is 1. The van der Waals surface area contributed by atoms with Crippen LogP contribution in [-0.2, 0) is 0 Å². The lowest BCUT2D eigenvalue weighted by atomic mass is 10.1. The molecule has 0 unspecified atom stereocenters. The van der Waals surface area contributed by atoms with Crippen molar-refractivity contribution in [3.63, 3.8) is 0 Å². The summed E-state index contributed by atoms with van der Waals surface area (Å²) in [4.78, 5) is 17.1. The molecule has 0 radical (unpaired) electrons. The van der Waals surface area contributed by atoms with Gasteiger partial charge in [-0.2, -0.15) is 0 Å². The summed E-state index contributed by atoms with van der Waals surface area (Å²) in [5.41, 5.74) is 2.07. The second kappa shape index (κ2) is 6.02. The van der Waals surface area contributed by atoms with Gasteiger partial charge in [0.15, 0.2) is 5.76 Å². The average Bonchev–Trinajstić information content (AvgIpc) is 3.06. The number of carbonyl (C=O) groups excluding carboxylic acids is 1. The molecule has 0 aliphatic heterocycles. The van der Waals surface area contributed by atoms with E-state index in [-0.39, 0.29) is 5.91 Å². The number of hydrogen-bond acceptors (Lipinski definition) is 3. The molecule has 0 saturated carbocycles. The Labute approximate surface area is 129 Å². The summed E-state index contributed by atoms with van der Waals surface area (Å²) in [6.07, 6.45) is 1.60. The van der Waals surface area contributed by atoms with Gasteiger partial charge < -0.3 is 9.73 Å². The summed E-state index contributed by atoms with van der Waals surface area (Å²) in [5, 5.41) is 3.81. The maximum absolute atomic E-state index is 12.5. The summed E-state index contributed by atoms with van der Waals surface area (Å²) >= 11 is 0. The number of fused-ring (bicyclic) bond motifs is 1. The van der Waals surface area contributed by atoms with Gasteiger partial charge in [0.2, 0.25) is 0 Å². The van der Waals surface area contributed by atoms with E-state index < -0.39 is 0 Å². The Morgan fingerprint density at radius 2 is 2.05 bits per heavy atom. The minimum Gasteiger partial charge on any atom is -0.463 e. The Kier molecular flexibility index (Phi) is 3.92. The number of rotatable bonds is 4. The van der Waals surface area contributed by atoms with Crippen LogP contribution in [0.4, 0.5) is 0 Å². The molecule has 0 atom stereocenters. The lowest BCUT2D eigenvalue weighted by Gasteiger charge is -2.11. The molecule has 4 nitrogen and oxygen atoms in total. The van der Waals surface area contributed by atoms with E-state index in [9.17, 15) is 4.79 Å². The van der Waals surface area contributed by atoms with Crippen LogP contribution in [0.15, 0.2) is 53.1 Å². The van der Waals surface area contributed by atoms with E-state index >= 15 is 0 Å². The molecule has 4 heteroatoms. The molecule has 1 N–H and O–H groups in total. The van der Waals surface area contributed by atoms with E-state index in [4.69, 9.17) is 4.42 Å². The Hall–Kier alpha value is -2.62. The monoisotopic (exact) mass is 294 g/mol. The molecule has 112 valence electrons. The number of benzene rings is 1. The van der Waals surface area contributed by atoms with Crippen LogP contribution in [-0.4, -0.2) is 17.4 Å². The van der Waals surface area contributed by atoms with Crippen LogP contribution >= 0.6 is 0 Å². The van der Waals surface area contributed by atoms with Crippen molar-refractivity contribution < 1.29 is 9.21 Å². The van der Waals surface area contributed by atoms with Gasteiger partial charge in [-0.1, -0.05) is 32.0 Å². The molecule has 22 heavy (non-hydrogen) atoms. The second-order valence-electron chi connectivity index (χ2n) is 5.65. The maximum atomic E-state index is 12.5. The summed E-state index contributed by atoms with van der Waals surface area (Å²) in [6, 6.07) is 13.1. The van der Waals surface area contributed by atoms with Crippen LogP contribution in [0.3, 0.4) is 0 Å². The van der Waals surface area contributed by atoms with Crippen LogP contribution < -0.4 is 5.32 Å². The molecule has 1 amide bonds. The van der Waals surface area contributed by atoms with Gasteiger partial charge in [0.25, 0.3) is 5.91 Å². The molecular formula is C18H18N2O2. The van der Waals surface area contributed by atoms with Crippen LogP contribution in [0.25, 0.3) is 22.4 Å². The van der Waals surface area contributed by atoms with E-state index in [1.165, 1.54) is 0 Å². The van der Waals surface area contributed by atoms with Crippen molar-refractivity contribution >= 4 is 16.8 Å². The highest BCUT2D eigenvalue weighted by atomic mass is 16.3. The topological polar surface area (TPSA) is 55.1 Å². The fourth-order valence-electron chi connectivity index (χ4n) is 2.31. The summed E-state index contributed by atoms with van der Waals surface area (Å²) in [7, 11) is 0. The average molecular weight is 294 g/mol. The van der Waals surface area contributed by atoms with Gasteiger partial charge in [0.1, 0.15) is 5.69 Å². The minimum absolute atomic E-state index is 0.0832. The predicted octanol–water partition coefficient (Wildman–Crippen LogP) is 3.88. The van der Waals surface area contributed by atoms with E-state index in [0.29, 0.717) is 29.5 Å². The molecule has 1 aromatic carbocycles. The van der Waals surface area contributed by atoms with E-state index in [1.54, 1.807) is 12.3 Å². The van der Waals surface area contributed by atoms with Gasteiger partial charge in [-0.15, -0.1) is 0 Å². The zero-order valence-electron chi connectivity index (χ0n) is 12.7. The molecule has 0 aliphatic carbocycles. The highest BCUT2D eigenvalue weighted by Crippen LogP contribution is 2.25. The minimum atomic E-state index is -0.0832. The fourth-order valence-corrected chi connectivity index (χ4v) is 2.31. The fraction of sp³-hybridized carbons (Fsp3) is 0.222. The first-order valence-electron chi connectivity index (χ1n) is 7.37. The Morgan fingerprint density at radius 1 is 1.23 bits per heavy atom. The van der Waals surface area contributed by atoms with Gasteiger partial charge in [-0.05, 0) is 30.2 Å². The number of aromatic nitrogens is 1. The van der Waals surface area contributed by atoms with Gasteiger partial charge in [-0.3, -0.25) is 4.79 Å². The van der Waals surface area contributed by atoms with Gasteiger partial charge >= 0.3 is 0 Å². The standard InChI is InChI=1S/C18H18N2O2/c1-12(2)11-19-18(21)14-10-16(17-8-5-9-22-17)20-15-7-4-3-6-13(14)15/h3-10,12H,11H2,1-2H3,(H,19,21). The Morgan fingerprint density at radius 3 is 2.77 bits per heavy atom. The molecule has 0 aliphatic rings. The molecular weight excluding hydrogens is 276 g/mol. The first-order chi connectivity index (χ1) is 10.6. The van der Waals surface area contributed by atoms with Gasteiger partial charge in [-0.25, -0.2) is 4.98 Å². The maximum Gasteiger partial charge on any atom is 0.252 e. The number of nitrogens with one attached hydrogen (secondary N) is 1. The third-order valence-corrected chi connectivity index (χ3v) is 3.41. The van der Waals surface area contributed by atoms with Crippen molar-refractivity contribution in [2.24, 2.45) is 5.92 Å². The first kappa shape index (κ1) is 14.3. The van der Waals surface area contributed by atoms with Crippen molar-refractivity contribution in [2.45, 2.75) is 13.8 Å². The number of carbonyl (C=O) groups is 1. The lowest BCUT2D eigenvalue weighted by molar-refractivity contribution is 0.0950. The summed E-state index contributed by atoms with van der Waals surface area (Å²) < 4.78 is 5.41. The molecule has 2 aromatic heterocycles. The SMILES string of the molecule is CC(C)CNC(=O)c1cc(-c2ccco2)nc2ccccc12. The quantitative estimate of drug-likeness (QED) is 0.794. The Bertz CT molecular complexity index is 792. The summed E-state index contributed by atoms with van der Waals surface area (Å²) in [5.74, 6) is 0.977. The second-order valence-corrected chi connectivity index (χ2v) is 5.65. The number of pyridine rings is 1. The third kappa shape index (κ3) is 2.86. The molecule has 0 bridgehead atoms. The zero-order chi connectivity index (χ0) is 15.5. The summed E-state index contributed by atoms with van der Waals surface area (Å²) in [6.45, 7) is 4.78. The van der Waals surface area contributed by atoms with Crippen molar-refractivity contribution in [3.8, 4) is 11.5 Å². The van der Waals surface area contributed by atoms with Crippen LogP contribution in [0.1, 0.15) is 24.2 Å². The lowest BCUT2D eigenvalue weighted by Crippen LogP contribution is -2.27. The number of amides is 1. The van der Waals surface area contributed by atoms with E-state index in [0.717, 1.165) is 10.9 Å². The normalized spacial score (nSPS) is 11.0. The van der Waals surface area contributed by atoms with Crippen LogP contribution in [0.2, 0.25) is 0 Å². The molecule has 3 aromatic rings. The van der Waals surface area contributed by atoms with Crippen molar-refractivity contribution in [2.75, 3.05) is 6.54 Å². The van der Waals surface area contributed by atoms with E-state index in [1.807, 2.05) is 36.4 Å². The number of nitrogens with zero attached hydrogens (tertiary/aromatic N) is 1. The molecule has 0 fully saturated rings. The zero-order valence-corrected chi connectivity index (χ0v) is 12.7. The van der Waals surface area contributed by atoms with Crippen LogP contribution in [0, 0.1) is 5.92 Å². The highest BCUT2D eigenvalue weighted by molar-refractivity contribution is 6.07. The molecule has 3 rings (SSSR count). The predicted molar refractivity (Wildman–Crippen MR) is 86.6 cm³/mol. The van der Waals surface area contributed by atoms with Crippen molar-refractivity contribution in [1.29, 1.82) is 0 Å². The van der Waals surface area contributed by atoms with Crippen molar-refractivity contribution in [1.82, 2.24) is 10.3 Å². The van der Waals surface area contributed by atoms with Gasteiger partial charge in [0, 0.05) is 11.9 Å². The van der Waals surface area contributed by atoms with Crippen molar-refractivity contribution in [3.05, 3.63) is 54.3 Å².